The van der Waals surface area contributed by atoms with Crippen LogP contribution >= 0.6 is 0 Å². The van der Waals surface area contributed by atoms with Crippen LogP contribution in [0.1, 0.15) is 13.8 Å². The molecule has 80 valence electrons. The van der Waals surface area contributed by atoms with Crippen molar-refractivity contribution in [2.75, 3.05) is 27.2 Å². The van der Waals surface area contributed by atoms with Crippen molar-refractivity contribution in [3.05, 3.63) is 0 Å². The molecule has 1 atom stereocenters. The maximum atomic E-state index is 11.0. The predicted octanol–water partition coefficient (Wildman–Crippen LogP) is -0.561. The molecule has 0 saturated heterocycles. The first-order chi connectivity index (χ1) is 6.37. The summed E-state index contributed by atoms with van der Waals surface area (Å²) in [6.45, 7) is 3.97. The minimum Gasteiger partial charge on any atom is -0.387 e. The average molecular weight is 198 g/mol. The molecular weight excluding hydrogens is 180 g/mol. The first-order valence-corrected chi connectivity index (χ1v) is 4.45. The van der Waals surface area contributed by atoms with Crippen LogP contribution < -0.4 is 5.32 Å². The number of rotatable bonds is 4. The molecule has 2 N–H and O–H groups in total. The second kappa shape index (κ2) is 5.63. The minimum atomic E-state index is -0.922. The third kappa shape index (κ3) is 6.46. The highest BCUT2D eigenvalue weighted by atomic mass is 16.3. The number of nitrogens with one attached hydrogen (secondary N) is 1. The highest BCUT2D eigenvalue weighted by Crippen LogP contribution is 2.01. The Bertz CT molecular complexity index is 249. The summed E-state index contributed by atoms with van der Waals surface area (Å²) in [4.78, 5) is 12.8. The summed E-state index contributed by atoms with van der Waals surface area (Å²) >= 11 is 0. The zero-order chi connectivity index (χ0) is 11.2. The van der Waals surface area contributed by atoms with Crippen molar-refractivity contribution >= 4 is 5.91 Å². The fourth-order valence-corrected chi connectivity index (χ4v) is 1.17. The van der Waals surface area contributed by atoms with Crippen molar-refractivity contribution in [1.82, 2.24) is 10.2 Å². The summed E-state index contributed by atoms with van der Waals surface area (Å²) in [7, 11) is 3.73. The van der Waals surface area contributed by atoms with Crippen molar-refractivity contribution in [3.63, 3.8) is 0 Å². The van der Waals surface area contributed by atoms with Gasteiger partial charge in [-0.15, -0.1) is 0 Å². The molecule has 0 fully saturated rings. The Hall–Kier alpha value is -1.05. The largest absolute Gasteiger partial charge is 0.387 e. The first kappa shape index (κ1) is 12.9. The summed E-state index contributed by atoms with van der Waals surface area (Å²) in [5.41, 5.74) is -0.922. The maximum absolute atomic E-state index is 11.0. The fraction of sp³-hybridized carbons (Fsp3) is 0.700. The number of amides is 1. The van der Waals surface area contributed by atoms with Crippen LogP contribution in [0.3, 0.4) is 0 Å². The van der Waals surface area contributed by atoms with Gasteiger partial charge in [0.25, 0.3) is 5.91 Å². The summed E-state index contributed by atoms with van der Waals surface area (Å²) in [5.74, 6) is 4.48. The molecule has 0 aliphatic heterocycles. The Kier molecular flexibility index (Phi) is 5.21. The molecule has 0 aliphatic rings. The van der Waals surface area contributed by atoms with E-state index >= 15 is 0 Å². The van der Waals surface area contributed by atoms with Crippen LogP contribution in [0.15, 0.2) is 0 Å². The number of carbonyl (C=O) groups is 1. The molecule has 1 unspecified atom stereocenters. The van der Waals surface area contributed by atoms with Crippen molar-refractivity contribution in [3.8, 4) is 11.8 Å². The Morgan fingerprint density at radius 2 is 2.14 bits per heavy atom. The lowest BCUT2D eigenvalue weighted by Crippen LogP contribution is -2.46. The lowest BCUT2D eigenvalue weighted by molar-refractivity contribution is -0.116. The van der Waals surface area contributed by atoms with Gasteiger partial charge in [-0.3, -0.25) is 4.79 Å². The normalized spacial score (nSPS) is 14.1. The van der Waals surface area contributed by atoms with Gasteiger partial charge in [-0.2, -0.15) is 0 Å². The molecule has 0 heterocycles. The molecule has 0 aliphatic carbocycles. The van der Waals surface area contributed by atoms with E-state index < -0.39 is 5.60 Å². The molecule has 0 aromatic carbocycles. The van der Waals surface area contributed by atoms with Gasteiger partial charge in [0.05, 0.1) is 5.60 Å². The van der Waals surface area contributed by atoms with Crippen LogP contribution in [0, 0.1) is 11.8 Å². The van der Waals surface area contributed by atoms with Crippen LogP contribution in [0.2, 0.25) is 0 Å². The molecule has 0 aromatic heterocycles. The van der Waals surface area contributed by atoms with E-state index in [-0.39, 0.29) is 12.5 Å². The second-order valence-corrected chi connectivity index (χ2v) is 3.79. The van der Waals surface area contributed by atoms with E-state index in [0.29, 0.717) is 6.54 Å². The van der Waals surface area contributed by atoms with E-state index in [1.54, 1.807) is 13.8 Å². The van der Waals surface area contributed by atoms with E-state index in [0.717, 1.165) is 0 Å². The predicted molar refractivity (Wildman–Crippen MR) is 55.6 cm³/mol. The van der Waals surface area contributed by atoms with E-state index in [1.807, 2.05) is 19.0 Å². The highest BCUT2D eigenvalue weighted by Gasteiger charge is 2.21. The molecule has 4 nitrogen and oxygen atoms in total. The van der Waals surface area contributed by atoms with Crippen molar-refractivity contribution in [2.24, 2.45) is 0 Å². The Morgan fingerprint density at radius 3 is 2.57 bits per heavy atom. The highest BCUT2D eigenvalue weighted by molar-refractivity contribution is 5.93. The SMILES string of the molecule is CC#CC(=O)NCC(C)(O)CN(C)C. The van der Waals surface area contributed by atoms with E-state index in [4.69, 9.17) is 0 Å². The van der Waals surface area contributed by atoms with Crippen LogP contribution in [0.25, 0.3) is 0 Å². The quantitative estimate of drug-likeness (QED) is 0.595. The molecule has 0 radical (unpaired) electrons. The van der Waals surface area contributed by atoms with Gasteiger partial charge < -0.3 is 15.3 Å². The lowest BCUT2D eigenvalue weighted by Gasteiger charge is -2.26. The third-order valence-electron chi connectivity index (χ3n) is 1.53. The summed E-state index contributed by atoms with van der Waals surface area (Å²) in [6, 6.07) is 0. The number of carbonyl (C=O) groups excluding carboxylic acids is 1. The van der Waals surface area contributed by atoms with Crippen molar-refractivity contribution in [2.45, 2.75) is 19.4 Å². The van der Waals surface area contributed by atoms with Gasteiger partial charge in [-0.1, -0.05) is 5.92 Å². The molecule has 0 spiro atoms. The minimum absolute atomic E-state index is 0.207. The van der Waals surface area contributed by atoms with E-state index in [1.165, 1.54) is 0 Å². The number of aliphatic hydroxyl groups is 1. The fourth-order valence-electron chi connectivity index (χ4n) is 1.17. The first-order valence-electron chi connectivity index (χ1n) is 4.45. The topological polar surface area (TPSA) is 52.6 Å². The molecular formula is C10H18N2O2. The molecule has 1 amide bonds. The van der Waals surface area contributed by atoms with Crippen LogP contribution in [0.4, 0.5) is 0 Å². The summed E-state index contributed by atoms with van der Waals surface area (Å²) in [5, 5.41) is 12.3. The van der Waals surface area contributed by atoms with Gasteiger partial charge in [-0.25, -0.2) is 0 Å². The van der Waals surface area contributed by atoms with Gasteiger partial charge in [0.2, 0.25) is 0 Å². The Morgan fingerprint density at radius 1 is 1.57 bits per heavy atom. The molecule has 4 heteroatoms. The van der Waals surface area contributed by atoms with Gasteiger partial charge in [0.15, 0.2) is 0 Å². The lowest BCUT2D eigenvalue weighted by atomic mass is 10.1. The monoisotopic (exact) mass is 198 g/mol. The molecule has 0 saturated carbocycles. The molecule has 0 aromatic rings. The molecule has 14 heavy (non-hydrogen) atoms. The standard InChI is InChI=1S/C10H18N2O2/c1-5-6-9(13)11-7-10(2,14)8-12(3)4/h14H,7-8H2,1-4H3,(H,11,13). The molecule has 0 rings (SSSR count). The van der Waals surface area contributed by atoms with Crippen molar-refractivity contribution < 1.29 is 9.90 Å². The number of likely N-dealkylation sites (N-methyl/N-ethyl adjacent to an activating group) is 1. The maximum Gasteiger partial charge on any atom is 0.295 e. The Balaban J connectivity index is 3.96. The van der Waals surface area contributed by atoms with Crippen LogP contribution in [-0.4, -0.2) is 48.7 Å². The van der Waals surface area contributed by atoms with Gasteiger partial charge in [0, 0.05) is 13.1 Å². The number of hydrogen-bond acceptors (Lipinski definition) is 3. The Labute approximate surface area is 85.3 Å². The van der Waals surface area contributed by atoms with Gasteiger partial charge >= 0.3 is 0 Å². The summed E-state index contributed by atoms with van der Waals surface area (Å²) in [6.07, 6.45) is 0. The molecule has 0 bridgehead atoms. The zero-order valence-corrected chi connectivity index (χ0v) is 9.22. The summed E-state index contributed by atoms with van der Waals surface area (Å²) < 4.78 is 0. The number of nitrogens with zero attached hydrogens (tertiary/aromatic N) is 1. The van der Waals surface area contributed by atoms with E-state index in [9.17, 15) is 9.90 Å². The van der Waals surface area contributed by atoms with Gasteiger partial charge in [-0.05, 0) is 33.9 Å². The zero-order valence-electron chi connectivity index (χ0n) is 9.22. The van der Waals surface area contributed by atoms with Crippen LogP contribution in [0.5, 0.6) is 0 Å². The van der Waals surface area contributed by atoms with E-state index in [2.05, 4.69) is 17.2 Å². The second-order valence-electron chi connectivity index (χ2n) is 3.79. The third-order valence-corrected chi connectivity index (χ3v) is 1.53. The number of hydrogen-bond donors (Lipinski definition) is 2. The smallest absolute Gasteiger partial charge is 0.295 e. The van der Waals surface area contributed by atoms with Crippen molar-refractivity contribution in [1.29, 1.82) is 0 Å². The average Bonchev–Trinajstić information content (AvgIpc) is 1.99. The van der Waals surface area contributed by atoms with Gasteiger partial charge in [0.1, 0.15) is 0 Å². The van der Waals surface area contributed by atoms with Crippen LogP contribution in [-0.2, 0) is 4.79 Å².